The van der Waals surface area contributed by atoms with E-state index in [4.69, 9.17) is 32.7 Å². The second-order valence-electron chi connectivity index (χ2n) is 9.63. The van der Waals surface area contributed by atoms with Gasteiger partial charge in [-0.15, -0.1) is 0 Å². The molecule has 2 aromatic carbocycles. The number of hydrogen-bond donors (Lipinski definition) is 2. The first-order chi connectivity index (χ1) is 16.2. The number of halogens is 2. The van der Waals surface area contributed by atoms with E-state index in [-0.39, 0.29) is 29.6 Å². The molecule has 34 heavy (non-hydrogen) atoms. The normalized spacial score (nSPS) is 14.6. The first-order valence-electron chi connectivity index (χ1n) is 11.9. The minimum atomic E-state index is -0.696. The molecule has 0 amide bonds. The topological polar surface area (TPSA) is 67.8 Å². The number of rotatable bonds is 12. The Hall–Kier alpha value is -1.79. The maximum Gasteiger partial charge on any atom is 0.306 e. The average Bonchev–Trinajstić information content (AvgIpc) is 3.19. The molecule has 1 aliphatic carbocycles. The third-order valence-corrected chi connectivity index (χ3v) is 7.12. The summed E-state index contributed by atoms with van der Waals surface area (Å²) in [4.78, 5) is 11.6. The van der Waals surface area contributed by atoms with Gasteiger partial charge < -0.3 is 19.9 Å². The van der Waals surface area contributed by atoms with Crippen LogP contribution in [0.5, 0.6) is 5.75 Å². The Labute approximate surface area is 212 Å². The van der Waals surface area contributed by atoms with E-state index in [9.17, 15) is 9.90 Å². The first kappa shape index (κ1) is 26.8. The van der Waals surface area contributed by atoms with E-state index in [1.54, 1.807) is 19.1 Å². The third-order valence-electron chi connectivity index (χ3n) is 6.21. The monoisotopic (exact) mass is 507 g/mol. The van der Waals surface area contributed by atoms with Crippen molar-refractivity contribution in [3.8, 4) is 5.75 Å². The molecule has 0 spiro atoms. The summed E-state index contributed by atoms with van der Waals surface area (Å²) in [5.41, 5.74) is 3.57. The predicted octanol–water partition coefficient (Wildman–Crippen LogP) is 5.40. The highest BCUT2D eigenvalue weighted by Gasteiger charge is 2.28. The van der Waals surface area contributed by atoms with Crippen LogP contribution in [-0.2, 0) is 28.8 Å². The van der Waals surface area contributed by atoms with Gasteiger partial charge in [-0.3, -0.25) is 4.79 Å². The number of aliphatic hydroxyl groups excluding tert-OH is 1. The number of fused-ring (bicyclic) bond motifs is 1. The largest absolute Gasteiger partial charge is 0.489 e. The van der Waals surface area contributed by atoms with Crippen LogP contribution in [0.4, 0.5) is 0 Å². The molecular weight excluding hydrogens is 473 g/mol. The molecular formula is C27H35Cl2NO4. The second-order valence-corrected chi connectivity index (χ2v) is 10.4. The van der Waals surface area contributed by atoms with E-state index < -0.39 is 6.10 Å². The average molecular weight is 508 g/mol. The number of aliphatic hydroxyl groups is 1. The van der Waals surface area contributed by atoms with Crippen molar-refractivity contribution in [2.45, 2.75) is 64.5 Å². The number of β-amino-alcohol motifs (C(OH)–C–C–N with tert-alkyl or cyclic N) is 1. The summed E-state index contributed by atoms with van der Waals surface area (Å²) in [5, 5.41) is 14.6. The van der Waals surface area contributed by atoms with Crippen LogP contribution in [0.25, 0.3) is 0 Å². The van der Waals surface area contributed by atoms with Crippen molar-refractivity contribution < 1.29 is 19.4 Å². The van der Waals surface area contributed by atoms with E-state index >= 15 is 0 Å². The van der Waals surface area contributed by atoms with Gasteiger partial charge in [0.15, 0.2) is 0 Å². The lowest BCUT2D eigenvalue weighted by atomic mass is 9.88. The van der Waals surface area contributed by atoms with E-state index in [1.807, 2.05) is 0 Å². The van der Waals surface area contributed by atoms with E-state index in [0.29, 0.717) is 36.3 Å². The van der Waals surface area contributed by atoms with Gasteiger partial charge >= 0.3 is 5.97 Å². The highest BCUT2D eigenvalue weighted by atomic mass is 35.5. The van der Waals surface area contributed by atoms with Crippen LogP contribution in [0.2, 0.25) is 10.0 Å². The number of benzene rings is 2. The number of nitrogens with one attached hydrogen (secondary N) is 1. The van der Waals surface area contributed by atoms with Crippen LogP contribution in [0.3, 0.4) is 0 Å². The van der Waals surface area contributed by atoms with Crippen molar-refractivity contribution in [3.63, 3.8) is 0 Å². The predicted molar refractivity (Wildman–Crippen MR) is 137 cm³/mol. The van der Waals surface area contributed by atoms with Gasteiger partial charge in [0.25, 0.3) is 0 Å². The fourth-order valence-corrected chi connectivity index (χ4v) is 5.06. The van der Waals surface area contributed by atoms with E-state index in [2.05, 4.69) is 43.4 Å². The Morgan fingerprint density at radius 1 is 1.15 bits per heavy atom. The van der Waals surface area contributed by atoms with Crippen molar-refractivity contribution in [1.82, 2.24) is 5.32 Å². The highest BCUT2D eigenvalue weighted by Crippen LogP contribution is 2.35. The van der Waals surface area contributed by atoms with Gasteiger partial charge in [0, 0.05) is 18.5 Å². The number of carbonyl (C=O) groups is 1. The number of carbonyl (C=O) groups excluding carboxylic acids is 1. The molecule has 0 saturated heterocycles. The fraction of sp³-hybridized carbons (Fsp3) is 0.519. The zero-order valence-corrected chi connectivity index (χ0v) is 21.7. The maximum absolute atomic E-state index is 11.6. The van der Waals surface area contributed by atoms with Gasteiger partial charge in [-0.25, -0.2) is 0 Å². The molecule has 0 radical (unpaired) electrons. The van der Waals surface area contributed by atoms with Gasteiger partial charge in [-0.1, -0.05) is 53.5 Å². The zero-order chi connectivity index (χ0) is 24.7. The van der Waals surface area contributed by atoms with Gasteiger partial charge in [-0.2, -0.15) is 0 Å². The lowest BCUT2D eigenvalue weighted by Gasteiger charge is -2.30. The van der Waals surface area contributed by atoms with Crippen molar-refractivity contribution in [2.24, 2.45) is 5.92 Å². The molecule has 0 saturated carbocycles. The fourth-order valence-electron chi connectivity index (χ4n) is 4.57. The van der Waals surface area contributed by atoms with Crippen LogP contribution >= 0.6 is 23.2 Å². The summed E-state index contributed by atoms with van der Waals surface area (Å²) in [6, 6.07) is 12.2. The second kappa shape index (κ2) is 12.3. The van der Waals surface area contributed by atoms with Crippen LogP contribution in [0.15, 0.2) is 36.4 Å². The molecule has 7 heteroatoms. The number of aryl methyl sites for hydroxylation is 1. The van der Waals surface area contributed by atoms with Crippen molar-refractivity contribution in [2.75, 3.05) is 19.8 Å². The maximum atomic E-state index is 11.6. The van der Waals surface area contributed by atoms with E-state index in [0.717, 1.165) is 24.8 Å². The Morgan fingerprint density at radius 3 is 2.47 bits per heavy atom. The molecule has 1 aliphatic rings. The molecule has 3 rings (SSSR count). The summed E-state index contributed by atoms with van der Waals surface area (Å²) in [6.07, 6.45) is 3.23. The summed E-state index contributed by atoms with van der Waals surface area (Å²) in [5.74, 6) is 0.746. The Balaban J connectivity index is 1.44. The Kier molecular flexibility index (Phi) is 9.66. The quantitative estimate of drug-likeness (QED) is 0.376. The number of esters is 1. The first-order valence-corrected chi connectivity index (χ1v) is 12.7. The molecule has 0 unspecified atom stereocenters. The molecule has 2 N–H and O–H groups in total. The van der Waals surface area contributed by atoms with E-state index in [1.165, 1.54) is 11.1 Å². The SMILES string of the molecule is CCOC(=O)CCc1ccc(OC[C@H](O)CNC(C)(C)CC2Cc3ccccc3C2)c(Cl)c1Cl. The van der Waals surface area contributed by atoms with Crippen LogP contribution in [-0.4, -0.2) is 42.5 Å². The summed E-state index contributed by atoms with van der Waals surface area (Å²) in [7, 11) is 0. The summed E-state index contributed by atoms with van der Waals surface area (Å²) in [6.45, 7) is 6.98. The minimum absolute atomic E-state index is 0.0934. The van der Waals surface area contributed by atoms with Crippen molar-refractivity contribution in [1.29, 1.82) is 0 Å². The molecule has 0 aromatic heterocycles. The third kappa shape index (κ3) is 7.61. The lowest BCUT2D eigenvalue weighted by molar-refractivity contribution is -0.143. The Morgan fingerprint density at radius 2 is 1.82 bits per heavy atom. The molecule has 0 aliphatic heterocycles. The molecule has 5 nitrogen and oxygen atoms in total. The highest BCUT2D eigenvalue weighted by molar-refractivity contribution is 6.43. The van der Waals surface area contributed by atoms with Crippen molar-refractivity contribution >= 4 is 29.2 Å². The minimum Gasteiger partial charge on any atom is -0.489 e. The van der Waals surface area contributed by atoms with Crippen molar-refractivity contribution in [3.05, 3.63) is 63.1 Å². The van der Waals surface area contributed by atoms with Gasteiger partial charge in [0.2, 0.25) is 0 Å². The van der Waals surface area contributed by atoms with Gasteiger partial charge in [0.05, 0.1) is 11.6 Å². The summed E-state index contributed by atoms with van der Waals surface area (Å²) >= 11 is 12.7. The molecule has 186 valence electrons. The van der Waals surface area contributed by atoms with Gasteiger partial charge in [-0.05, 0) is 75.1 Å². The molecule has 0 heterocycles. The summed E-state index contributed by atoms with van der Waals surface area (Å²) < 4.78 is 10.7. The van der Waals surface area contributed by atoms with Crippen LogP contribution in [0, 0.1) is 5.92 Å². The van der Waals surface area contributed by atoms with Crippen LogP contribution < -0.4 is 10.1 Å². The standard InChI is InChI=1S/C27H35Cl2NO4/c1-4-33-24(32)12-10-19-9-11-23(26(29)25(19)28)34-17-22(31)16-30-27(2,3)15-18-13-20-7-5-6-8-21(20)14-18/h5-9,11,18,22,30-31H,4,10,12-17H2,1-3H3/t22-/m1/s1. The number of hydrogen-bond acceptors (Lipinski definition) is 5. The van der Waals surface area contributed by atoms with Gasteiger partial charge in [0.1, 0.15) is 23.5 Å². The zero-order valence-electron chi connectivity index (χ0n) is 20.2. The number of ether oxygens (including phenoxy) is 2. The lowest BCUT2D eigenvalue weighted by Crippen LogP contribution is -2.46. The molecule has 2 aromatic rings. The smallest absolute Gasteiger partial charge is 0.306 e. The molecule has 1 atom stereocenters. The molecule has 0 fully saturated rings. The Bertz CT molecular complexity index is 954. The molecule has 0 bridgehead atoms. The van der Waals surface area contributed by atoms with Crippen LogP contribution in [0.1, 0.15) is 50.3 Å².